The van der Waals surface area contributed by atoms with Gasteiger partial charge in [0.15, 0.2) is 0 Å². The molecule has 0 spiro atoms. The highest BCUT2D eigenvalue weighted by Crippen LogP contribution is 2.13. The van der Waals surface area contributed by atoms with E-state index in [1.165, 1.54) is 19.3 Å². The Hall–Kier alpha value is -1.63. The molecular weight excluding hydrogens is 244 g/mol. The van der Waals surface area contributed by atoms with Crippen LogP contribution in [0.4, 0.5) is 11.9 Å². The molecule has 1 heterocycles. The first-order valence-corrected chi connectivity index (χ1v) is 6.81. The highest BCUT2D eigenvalue weighted by atomic mass is 16.5. The molecule has 1 aromatic rings. The van der Waals surface area contributed by atoms with Crippen LogP contribution in [0.5, 0.6) is 6.01 Å². The van der Waals surface area contributed by atoms with Crippen molar-refractivity contribution in [3.05, 3.63) is 0 Å². The van der Waals surface area contributed by atoms with Gasteiger partial charge in [0.05, 0.1) is 6.61 Å². The fourth-order valence-electron chi connectivity index (χ4n) is 1.67. The Morgan fingerprint density at radius 1 is 1.16 bits per heavy atom. The molecule has 1 atom stereocenters. The van der Waals surface area contributed by atoms with E-state index in [0.717, 1.165) is 6.42 Å². The van der Waals surface area contributed by atoms with E-state index in [4.69, 9.17) is 10.6 Å². The number of nitrogens with one attached hydrogen (secondary N) is 2. The van der Waals surface area contributed by atoms with Crippen molar-refractivity contribution in [2.24, 2.45) is 5.84 Å². The van der Waals surface area contributed by atoms with Crippen molar-refractivity contribution in [1.29, 1.82) is 0 Å². The summed E-state index contributed by atoms with van der Waals surface area (Å²) in [5.74, 6) is 6.10. The minimum absolute atomic E-state index is 0.272. The predicted octanol–water partition coefficient (Wildman–Crippen LogP) is 1.94. The molecule has 0 aliphatic heterocycles. The van der Waals surface area contributed by atoms with Gasteiger partial charge in [-0.3, -0.25) is 5.43 Å². The summed E-state index contributed by atoms with van der Waals surface area (Å²) < 4.78 is 5.27. The van der Waals surface area contributed by atoms with Crippen molar-refractivity contribution in [3.8, 4) is 6.01 Å². The van der Waals surface area contributed by atoms with Crippen LogP contribution in [0.2, 0.25) is 0 Å². The third-order valence-corrected chi connectivity index (χ3v) is 2.63. The van der Waals surface area contributed by atoms with Gasteiger partial charge in [-0.15, -0.1) is 0 Å². The maximum Gasteiger partial charge on any atom is 0.323 e. The van der Waals surface area contributed by atoms with Crippen molar-refractivity contribution in [3.63, 3.8) is 0 Å². The summed E-state index contributed by atoms with van der Waals surface area (Å²) >= 11 is 0. The second kappa shape index (κ2) is 8.47. The number of ether oxygens (including phenoxy) is 1. The van der Waals surface area contributed by atoms with Crippen LogP contribution in [-0.4, -0.2) is 27.6 Å². The number of nitrogens with zero attached hydrogens (tertiary/aromatic N) is 3. The molecule has 19 heavy (non-hydrogen) atoms. The molecule has 0 bridgehead atoms. The number of hydrogen-bond donors (Lipinski definition) is 3. The van der Waals surface area contributed by atoms with Gasteiger partial charge < -0.3 is 10.1 Å². The molecule has 108 valence electrons. The van der Waals surface area contributed by atoms with E-state index >= 15 is 0 Å². The second-order valence-electron chi connectivity index (χ2n) is 4.38. The number of anilines is 2. The molecule has 1 rings (SSSR count). The van der Waals surface area contributed by atoms with Gasteiger partial charge in [0.25, 0.3) is 0 Å². The highest BCUT2D eigenvalue weighted by molar-refractivity contribution is 5.35. The van der Waals surface area contributed by atoms with E-state index in [9.17, 15) is 0 Å². The Morgan fingerprint density at radius 2 is 1.89 bits per heavy atom. The minimum atomic E-state index is 0.272. The smallest absolute Gasteiger partial charge is 0.323 e. The molecule has 1 unspecified atom stereocenters. The quantitative estimate of drug-likeness (QED) is 0.357. The summed E-state index contributed by atoms with van der Waals surface area (Å²) in [6.45, 7) is 6.67. The highest BCUT2D eigenvalue weighted by Gasteiger charge is 2.09. The molecule has 0 saturated heterocycles. The Morgan fingerprint density at radius 3 is 2.53 bits per heavy atom. The van der Waals surface area contributed by atoms with Crippen LogP contribution in [0.25, 0.3) is 0 Å². The molecule has 0 amide bonds. The summed E-state index contributed by atoms with van der Waals surface area (Å²) in [6.07, 6.45) is 4.72. The Bertz CT molecular complexity index is 373. The van der Waals surface area contributed by atoms with Gasteiger partial charge in [-0.1, -0.05) is 26.2 Å². The molecule has 0 aliphatic carbocycles. The lowest BCUT2D eigenvalue weighted by atomic mass is 10.1. The molecule has 4 N–H and O–H groups in total. The third-order valence-electron chi connectivity index (χ3n) is 2.63. The lowest BCUT2D eigenvalue weighted by Crippen LogP contribution is -2.19. The first-order chi connectivity index (χ1) is 9.19. The zero-order valence-corrected chi connectivity index (χ0v) is 11.9. The molecule has 0 radical (unpaired) electrons. The predicted molar refractivity (Wildman–Crippen MR) is 76.0 cm³/mol. The Balaban J connectivity index is 2.62. The van der Waals surface area contributed by atoms with Gasteiger partial charge in [0.2, 0.25) is 11.9 Å². The van der Waals surface area contributed by atoms with Gasteiger partial charge in [0.1, 0.15) is 0 Å². The second-order valence-corrected chi connectivity index (χ2v) is 4.38. The molecule has 0 aliphatic rings. The molecule has 0 saturated carbocycles. The van der Waals surface area contributed by atoms with Gasteiger partial charge in [0, 0.05) is 6.04 Å². The fourth-order valence-corrected chi connectivity index (χ4v) is 1.67. The van der Waals surface area contributed by atoms with Crippen molar-refractivity contribution in [2.45, 2.75) is 52.5 Å². The number of hydrazine groups is 1. The summed E-state index contributed by atoms with van der Waals surface area (Å²) in [4.78, 5) is 12.3. The van der Waals surface area contributed by atoms with E-state index in [0.29, 0.717) is 24.5 Å². The SMILES string of the molecule is CCCCCC(C)Nc1nc(NN)nc(OCC)n1. The zero-order chi connectivity index (χ0) is 14.1. The molecule has 0 aromatic carbocycles. The zero-order valence-electron chi connectivity index (χ0n) is 11.9. The first-order valence-electron chi connectivity index (χ1n) is 6.81. The third kappa shape index (κ3) is 5.69. The Labute approximate surface area is 114 Å². The summed E-state index contributed by atoms with van der Waals surface area (Å²) in [5.41, 5.74) is 2.41. The van der Waals surface area contributed by atoms with Crippen LogP contribution in [0, 0.1) is 0 Å². The van der Waals surface area contributed by atoms with Gasteiger partial charge in [-0.2, -0.15) is 15.0 Å². The number of hydrogen-bond acceptors (Lipinski definition) is 7. The summed E-state index contributed by atoms with van der Waals surface area (Å²) in [5, 5.41) is 3.24. The number of unbranched alkanes of at least 4 members (excludes halogenated alkanes) is 2. The van der Waals surface area contributed by atoms with Crippen LogP contribution in [0.1, 0.15) is 46.5 Å². The van der Waals surface area contributed by atoms with Crippen molar-refractivity contribution in [1.82, 2.24) is 15.0 Å². The average Bonchev–Trinajstić information content (AvgIpc) is 2.39. The van der Waals surface area contributed by atoms with E-state index in [-0.39, 0.29) is 6.01 Å². The van der Waals surface area contributed by atoms with Crippen molar-refractivity contribution < 1.29 is 4.74 Å². The van der Waals surface area contributed by atoms with Crippen LogP contribution in [-0.2, 0) is 0 Å². The van der Waals surface area contributed by atoms with Gasteiger partial charge in [-0.25, -0.2) is 5.84 Å². The topological polar surface area (TPSA) is 98.0 Å². The maximum atomic E-state index is 5.33. The monoisotopic (exact) mass is 268 g/mol. The lowest BCUT2D eigenvalue weighted by molar-refractivity contribution is 0.312. The van der Waals surface area contributed by atoms with Crippen LogP contribution in [0.15, 0.2) is 0 Å². The number of nitrogens with two attached hydrogens (primary N) is 1. The van der Waals surface area contributed by atoms with Crippen LogP contribution in [0.3, 0.4) is 0 Å². The van der Waals surface area contributed by atoms with Gasteiger partial charge >= 0.3 is 6.01 Å². The first kappa shape index (κ1) is 15.4. The number of aromatic nitrogens is 3. The molecule has 7 heteroatoms. The average molecular weight is 268 g/mol. The number of nitrogen functional groups attached to an aromatic ring is 1. The molecule has 1 aromatic heterocycles. The van der Waals surface area contributed by atoms with Crippen molar-refractivity contribution >= 4 is 11.9 Å². The lowest BCUT2D eigenvalue weighted by Gasteiger charge is -2.14. The van der Waals surface area contributed by atoms with Crippen LogP contribution >= 0.6 is 0 Å². The Kier molecular flexibility index (Phi) is 6.88. The molecular formula is C12H24N6O. The largest absolute Gasteiger partial charge is 0.464 e. The number of rotatable bonds is 9. The summed E-state index contributed by atoms with van der Waals surface area (Å²) in [7, 11) is 0. The summed E-state index contributed by atoms with van der Waals surface area (Å²) in [6, 6.07) is 0.572. The van der Waals surface area contributed by atoms with E-state index < -0.39 is 0 Å². The molecule has 0 fully saturated rings. The normalized spacial score (nSPS) is 12.0. The van der Waals surface area contributed by atoms with E-state index in [2.05, 4.69) is 39.5 Å². The minimum Gasteiger partial charge on any atom is -0.464 e. The maximum absolute atomic E-state index is 5.33. The molecule has 7 nitrogen and oxygen atoms in total. The van der Waals surface area contributed by atoms with Gasteiger partial charge in [-0.05, 0) is 20.3 Å². The van der Waals surface area contributed by atoms with E-state index in [1.807, 2.05) is 6.92 Å². The standard InChI is InChI=1S/C12H24N6O/c1-4-6-7-8-9(3)14-10-15-11(18-13)17-12(16-10)19-5-2/h9H,4-8,13H2,1-3H3,(H2,14,15,16,17,18). The fraction of sp³-hybridized carbons (Fsp3) is 0.750. The van der Waals surface area contributed by atoms with E-state index in [1.54, 1.807) is 0 Å². The van der Waals surface area contributed by atoms with Crippen LogP contribution < -0.4 is 21.3 Å². The van der Waals surface area contributed by atoms with Crippen molar-refractivity contribution in [2.75, 3.05) is 17.3 Å².